The standard InChI is InChI=1S/C18H18F2N2O3S/c1-24-12-4-6-16(25-2)13(10-12)17-22(7-8-26-17)18(23)21-15-5-3-11(19)9-14(15)20/h3-6,9-10,17H,7-8H2,1-2H3,(H,21,23)/t17-/m0/s1. The molecule has 1 fully saturated rings. The average molecular weight is 380 g/mol. The van der Waals surface area contributed by atoms with E-state index < -0.39 is 17.7 Å². The van der Waals surface area contributed by atoms with Crippen LogP contribution in [0.2, 0.25) is 0 Å². The molecule has 1 aliphatic heterocycles. The summed E-state index contributed by atoms with van der Waals surface area (Å²) in [5.74, 6) is 0.496. The Balaban J connectivity index is 1.85. The van der Waals surface area contributed by atoms with Crippen LogP contribution in [0.5, 0.6) is 11.5 Å². The summed E-state index contributed by atoms with van der Waals surface area (Å²) < 4.78 is 37.5. The summed E-state index contributed by atoms with van der Waals surface area (Å²) >= 11 is 1.57. The number of methoxy groups -OCH3 is 2. The quantitative estimate of drug-likeness (QED) is 0.861. The van der Waals surface area contributed by atoms with Crippen molar-refractivity contribution >= 4 is 23.5 Å². The van der Waals surface area contributed by atoms with Gasteiger partial charge >= 0.3 is 6.03 Å². The molecule has 138 valence electrons. The van der Waals surface area contributed by atoms with Crippen molar-refractivity contribution in [2.24, 2.45) is 0 Å². The third-order valence-corrected chi connectivity index (χ3v) is 5.27. The van der Waals surface area contributed by atoms with Gasteiger partial charge in [0.25, 0.3) is 0 Å². The lowest BCUT2D eigenvalue weighted by molar-refractivity contribution is 0.213. The zero-order valence-electron chi connectivity index (χ0n) is 14.3. The van der Waals surface area contributed by atoms with E-state index in [4.69, 9.17) is 9.47 Å². The number of anilines is 1. The lowest BCUT2D eigenvalue weighted by atomic mass is 10.1. The van der Waals surface area contributed by atoms with Crippen LogP contribution in [0.25, 0.3) is 0 Å². The van der Waals surface area contributed by atoms with Gasteiger partial charge in [-0.1, -0.05) is 0 Å². The van der Waals surface area contributed by atoms with Gasteiger partial charge in [-0.2, -0.15) is 0 Å². The van der Waals surface area contributed by atoms with Crippen LogP contribution < -0.4 is 14.8 Å². The highest BCUT2D eigenvalue weighted by Crippen LogP contribution is 2.43. The van der Waals surface area contributed by atoms with Gasteiger partial charge in [-0.15, -0.1) is 11.8 Å². The second-order valence-corrected chi connectivity index (χ2v) is 6.77. The number of urea groups is 1. The van der Waals surface area contributed by atoms with Crippen molar-refractivity contribution in [2.45, 2.75) is 5.37 Å². The fourth-order valence-electron chi connectivity index (χ4n) is 2.75. The molecule has 0 aliphatic carbocycles. The molecule has 0 unspecified atom stereocenters. The highest BCUT2D eigenvalue weighted by Gasteiger charge is 2.33. The van der Waals surface area contributed by atoms with Crippen molar-refractivity contribution in [2.75, 3.05) is 31.8 Å². The van der Waals surface area contributed by atoms with Crippen molar-refractivity contribution in [1.29, 1.82) is 0 Å². The monoisotopic (exact) mass is 380 g/mol. The van der Waals surface area contributed by atoms with E-state index >= 15 is 0 Å². The number of carbonyl (C=O) groups excluding carboxylic acids is 1. The molecular formula is C18H18F2N2O3S. The van der Waals surface area contributed by atoms with Gasteiger partial charge in [0.05, 0.1) is 19.9 Å². The summed E-state index contributed by atoms with van der Waals surface area (Å²) in [6.07, 6.45) is 0. The van der Waals surface area contributed by atoms with Gasteiger partial charge in [-0.25, -0.2) is 13.6 Å². The smallest absolute Gasteiger partial charge is 0.323 e. The molecule has 0 radical (unpaired) electrons. The lowest BCUT2D eigenvalue weighted by Crippen LogP contribution is -2.34. The Morgan fingerprint density at radius 3 is 2.69 bits per heavy atom. The minimum atomic E-state index is -0.819. The van der Waals surface area contributed by atoms with Crippen LogP contribution in [0.1, 0.15) is 10.9 Å². The first-order valence-electron chi connectivity index (χ1n) is 7.89. The fraction of sp³-hybridized carbons (Fsp3) is 0.278. The predicted molar refractivity (Wildman–Crippen MR) is 96.8 cm³/mol. The molecule has 1 saturated heterocycles. The Labute approximate surface area is 154 Å². The van der Waals surface area contributed by atoms with E-state index in [0.29, 0.717) is 18.0 Å². The van der Waals surface area contributed by atoms with Gasteiger partial charge in [-0.3, -0.25) is 0 Å². The third-order valence-electron chi connectivity index (χ3n) is 4.03. The number of halogens is 2. The van der Waals surface area contributed by atoms with Crippen LogP contribution in [-0.4, -0.2) is 37.4 Å². The van der Waals surface area contributed by atoms with Crippen LogP contribution in [0.4, 0.5) is 19.3 Å². The number of nitrogens with zero attached hydrogens (tertiary/aromatic N) is 1. The largest absolute Gasteiger partial charge is 0.497 e. The molecule has 2 amide bonds. The number of carbonyl (C=O) groups is 1. The number of thioether (sulfide) groups is 1. The van der Waals surface area contributed by atoms with E-state index in [1.165, 1.54) is 6.07 Å². The maximum absolute atomic E-state index is 13.8. The summed E-state index contributed by atoms with van der Waals surface area (Å²) in [5, 5.41) is 2.20. The highest BCUT2D eigenvalue weighted by molar-refractivity contribution is 7.99. The Morgan fingerprint density at radius 2 is 2.00 bits per heavy atom. The maximum Gasteiger partial charge on any atom is 0.323 e. The van der Waals surface area contributed by atoms with Gasteiger partial charge in [0.2, 0.25) is 0 Å². The van der Waals surface area contributed by atoms with Crippen molar-refractivity contribution in [3.05, 3.63) is 53.6 Å². The second kappa shape index (κ2) is 7.82. The minimum absolute atomic E-state index is 0.0651. The summed E-state index contributed by atoms with van der Waals surface area (Å²) in [6, 6.07) is 7.95. The summed E-state index contributed by atoms with van der Waals surface area (Å²) in [4.78, 5) is 14.2. The molecule has 2 aromatic rings. The first-order chi connectivity index (χ1) is 12.5. The maximum atomic E-state index is 13.8. The van der Waals surface area contributed by atoms with Crippen LogP contribution in [0.15, 0.2) is 36.4 Å². The van der Waals surface area contributed by atoms with Crippen molar-refractivity contribution in [3.8, 4) is 11.5 Å². The van der Waals surface area contributed by atoms with E-state index in [2.05, 4.69) is 5.32 Å². The number of hydrogen-bond acceptors (Lipinski definition) is 4. The molecule has 0 bridgehead atoms. The van der Waals surface area contributed by atoms with Gasteiger partial charge in [0.15, 0.2) is 0 Å². The first kappa shape index (κ1) is 18.3. The van der Waals surface area contributed by atoms with Crippen LogP contribution in [0, 0.1) is 11.6 Å². The molecule has 1 atom stereocenters. The van der Waals surface area contributed by atoms with Gasteiger partial charge in [0, 0.05) is 23.9 Å². The Bertz CT molecular complexity index is 819. The molecule has 8 heteroatoms. The number of rotatable bonds is 4. The normalized spacial score (nSPS) is 16.5. The minimum Gasteiger partial charge on any atom is -0.497 e. The van der Waals surface area contributed by atoms with Crippen molar-refractivity contribution in [3.63, 3.8) is 0 Å². The Kier molecular flexibility index (Phi) is 5.51. The Hall–Kier alpha value is -2.48. The number of benzene rings is 2. The van der Waals surface area contributed by atoms with E-state index in [1.54, 1.807) is 43.0 Å². The molecule has 0 aromatic heterocycles. The molecule has 2 aromatic carbocycles. The molecule has 0 spiro atoms. The van der Waals surface area contributed by atoms with E-state index in [1.807, 2.05) is 6.07 Å². The van der Waals surface area contributed by atoms with Crippen molar-refractivity contribution in [1.82, 2.24) is 4.90 Å². The van der Waals surface area contributed by atoms with E-state index in [0.717, 1.165) is 23.4 Å². The van der Waals surface area contributed by atoms with Crippen LogP contribution >= 0.6 is 11.8 Å². The molecule has 3 rings (SSSR count). The summed E-state index contributed by atoms with van der Waals surface area (Å²) in [7, 11) is 3.12. The van der Waals surface area contributed by atoms with Crippen LogP contribution in [-0.2, 0) is 0 Å². The first-order valence-corrected chi connectivity index (χ1v) is 8.94. The molecule has 1 N–H and O–H groups in total. The topological polar surface area (TPSA) is 50.8 Å². The van der Waals surface area contributed by atoms with Crippen molar-refractivity contribution < 1.29 is 23.0 Å². The second-order valence-electron chi connectivity index (χ2n) is 5.58. The number of amides is 2. The average Bonchev–Trinajstić information content (AvgIpc) is 3.13. The highest BCUT2D eigenvalue weighted by atomic mass is 32.2. The molecular weight excluding hydrogens is 362 g/mol. The molecule has 1 aliphatic rings. The lowest BCUT2D eigenvalue weighted by Gasteiger charge is -2.26. The van der Waals surface area contributed by atoms with Gasteiger partial charge in [-0.05, 0) is 30.3 Å². The van der Waals surface area contributed by atoms with Gasteiger partial charge < -0.3 is 19.7 Å². The Morgan fingerprint density at radius 1 is 1.19 bits per heavy atom. The predicted octanol–water partition coefficient (Wildman–Crippen LogP) is 4.26. The van der Waals surface area contributed by atoms with Crippen LogP contribution in [0.3, 0.4) is 0 Å². The summed E-state index contributed by atoms with van der Waals surface area (Å²) in [5.41, 5.74) is 0.730. The number of hydrogen-bond donors (Lipinski definition) is 1. The van der Waals surface area contributed by atoms with Gasteiger partial charge in [0.1, 0.15) is 28.5 Å². The molecule has 5 nitrogen and oxygen atoms in total. The van der Waals surface area contributed by atoms with E-state index in [9.17, 15) is 13.6 Å². The zero-order chi connectivity index (χ0) is 18.7. The third kappa shape index (κ3) is 3.70. The fourth-order valence-corrected chi connectivity index (χ4v) is 4.02. The molecule has 26 heavy (non-hydrogen) atoms. The number of nitrogens with one attached hydrogen (secondary N) is 1. The molecule has 1 heterocycles. The molecule has 0 saturated carbocycles. The van der Waals surface area contributed by atoms with E-state index in [-0.39, 0.29) is 11.1 Å². The zero-order valence-corrected chi connectivity index (χ0v) is 15.1. The summed E-state index contributed by atoms with van der Waals surface area (Å²) in [6.45, 7) is 0.490. The SMILES string of the molecule is COc1ccc(OC)c([C@@H]2SCCN2C(=O)Nc2ccc(F)cc2F)c1. The number of ether oxygens (including phenoxy) is 2.